The second kappa shape index (κ2) is 6.08. The van der Waals surface area contributed by atoms with Gasteiger partial charge in [-0.15, -0.1) is 0 Å². The lowest BCUT2D eigenvalue weighted by Crippen LogP contribution is -2.56. The molecule has 5 rings (SSSR count). The van der Waals surface area contributed by atoms with E-state index in [2.05, 4.69) is 26.3 Å². The van der Waals surface area contributed by atoms with Gasteiger partial charge in [0.05, 0.1) is 22.5 Å². The van der Waals surface area contributed by atoms with Crippen LogP contribution < -0.4 is 5.32 Å². The van der Waals surface area contributed by atoms with Gasteiger partial charge in [0, 0.05) is 11.4 Å². The zero-order chi connectivity index (χ0) is 18.7. The molecule has 4 saturated carbocycles. The molecular formula is C19H26BrN3O3. The largest absolute Gasteiger partial charge is 0.455 e. The molecule has 0 radical (unpaired) electrons. The molecule has 6 nitrogen and oxygen atoms in total. The highest BCUT2D eigenvalue weighted by atomic mass is 79.9. The van der Waals surface area contributed by atoms with E-state index in [1.165, 1.54) is 19.3 Å². The van der Waals surface area contributed by atoms with Crippen molar-refractivity contribution >= 4 is 33.5 Å². The number of nitrogens with zero attached hydrogens (tertiary/aromatic N) is 2. The Morgan fingerprint density at radius 1 is 1.27 bits per heavy atom. The standard InChI is InChI=1S/C19H26BrN3O3/c1-11-16(12(2)23(3)22-11)21-15(24)9-26-17(25)18-5-13-4-14(6-18)8-19(20,7-13)10-18/h13-14H,4-10H2,1-3H3,(H,21,24)/t13-,14+,18?,19?. The summed E-state index contributed by atoms with van der Waals surface area (Å²) in [5.74, 6) is 0.719. The first-order valence-corrected chi connectivity index (χ1v) is 10.2. The highest BCUT2D eigenvalue weighted by molar-refractivity contribution is 9.10. The molecule has 4 atom stereocenters. The van der Waals surface area contributed by atoms with Crippen LogP contribution in [-0.4, -0.2) is 32.6 Å². The third-order valence-electron chi connectivity index (χ3n) is 6.53. The molecule has 1 aromatic heterocycles. The maximum Gasteiger partial charge on any atom is 0.312 e. The Morgan fingerprint density at radius 2 is 1.92 bits per heavy atom. The van der Waals surface area contributed by atoms with Crippen molar-refractivity contribution in [2.24, 2.45) is 24.3 Å². The van der Waals surface area contributed by atoms with Crippen molar-refractivity contribution in [3.8, 4) is 0 Å². The number of anilines is 1. The highest BCUT2D eigenvalue weighted by Crippen LogP contribution is 2.64. The molecule has 142 valence electrons. The summed E-state index contributed by atoms with van der Waals surface area (Å²) in [4.78, 5) is 25.2. The molecule has 26 heavy (non-hydrogen) atoms. The summed E-state index contributed by atoms with van der Waals surface area (Å²) in [5.41, 5.74) is 1.94. The van der Waals surface area contributed by atoms with Crippen LogP contribution in [0.25, 0.3) is 0 Å². The minimum atomic E-state index is -0.395. The summed E-state index contributed by atoms with van der Waals surface area (Å²) < 4.78 is 7.32. The quantitative estimate of drug-likeness (QED) is 0.595. The predicted octanol–water partition coefficient (Wildman–Crippen LogP) is 3.25. The zero-order valence-electron chi connectivity index (χ0n) is 15.6. The maximum absolute atomic E-state index is 12.9. The van der Waals surface area contributed by atoms with Crippen LogP contribution in [0.1, 0.15) is 49.9 Å². The SMILES string of the molecule is Cc1nn(C)c(C)c1NC(=O)COC(=O)C12C[C@@H]3C[C@@H](CC(Br)(C3)C1)C2. The minimum absolute atomic E-state index is 0.0995. The minimum Gasteiger partial charge on any atom is -0.455 e. The summed E-state index contributed by atoms with van der Waals surface area (Å²) in [6, 6.07) is 0. The third kappa shape index (κ3) is 2.98. The highest BCUT2D eigenvalue weighted by Gasteiger charge is 2.60. The van der Waals surface area contributed by atoms with Gasteiger partial charge >= 0.3 is 5.97 Å². The van der Waals surface area contributed by atoms with E-state index in [0.717, 1.165) is 30.7 Å². The smallest absolute Gasteiger partial charge is 0.312 e. The molecule has 0 aliphatic heterocycles. The Kier molecular flexibility index (Phi) is 4.21. The van der Waals surface area contributed by atoms with Crippen molar-refractivity contribution in [1.29, 1.82) is 0 Å². The van der Waals surface area contributed by atoms with Gasteiger partial charge in [-0.2, -0.15) is 5.10 Å². The second-order valence-corrected chi connectivity index (χ2v) is 10.4. The molecule has 1 heterocycles. The number of rotatable bonds is 4. The number of nitrogens with one attached hydrogen (secondary N) is 1. The molecule has 0 aromatic carbocycles. The van der Waals surface area contributed by atoms with Crippen LogP contribution in [0.3, 0.4) is 0 Å². The van der Waals surface area contributed by atoms with Crippen molar-refractivity contribution < 1.29 is 14.3 Å². The lowest BCUT2D eigenvalue weighted by atomic mass is 9.49. The number of amides is 1. The third-order valence-corrected chi connectivity index (χ3v) is 7.46. The van der Waals surface area contributed by atoms with Crippen molar-refractivity contribution in [2.45, 2.75) is 56.7 Å². The first-order valence-electron chi connectivity index (χ1n) is 9.36. The van der Waals surface area contributed by atoms with E-state index in [1.807, 2.05) is 20.9 Å². The Labute approximate surface area is 162 Å². The molecule has 4 fully saturated rings. The molecule has 1 amide bonds. The van der Waals surface area contributed by atoms with E-state index in [4.69, 9.17) is 4.74 Å². The van der Waals surface area contributed by atoms with Crippen LogP contribution in [0.15, 0.2) is 0 Å². The van der Waals surface area contributed by atoms with Gasteiger partial charge in [-0.05, 0) is 64.2 Å². The number of ether oxygens (including phenoxy) is 1. The Balaban J connectivity index is 1.39. The van der Waals surface area contributed by atoms with E-state index in [9.17, 15) is 9.59 Å². The van der Waals surface area contributed by atoms with Crippen molar-refractivity contribution in [3.05, 3.63) is 11.4 Å². The molecule has 1 N–H and O–H groups in total. The van der Waals surface area contributed by atoms with Gasteiger partial charge in [0.15, 0.2) is 6.61 Å². The van der Waals surface area contributed by atoms with Crippen LogP contribution >= 0.6 is 15.9 Å². The number of carbonyl (C=O) groups is 2. The molecule has 4 aliphatic carbocycles. The molecular weight excluding hydrogens is 398 g/mol. The van der Waals surface area contributed by atoms with E-state index in [0.29, 0.717) is 17.5 Å². The first-order chi connectivity index (χ1) is 12.2. The number of carbonyl (C=O) groups excluding carboxylic acids is 2. The van der Waals surface area contributed by atoms with Gasteiger partial charge in [-0.25, -0.2) is 0 Å². The zero-order valence-corrected chi connectivity index (χ0v) is 17.2. The molecule has 7 heteroatoms. The summed E-state index contributed by atoms with van der Waals surface area (Å²) in [7, 11) is 1.83. The number of aromatic nitrogens is 2. The lowest BCUT2D eigenvalue weighted by molar-refractivity contribution is -0.170. The van der Waals surface area contributed by atoms with Gasteiger partial charge in [-0.1, -0.05) is 15.9 Å². The number of hydrogen-bond acceptors (Lipinski definition) is 4. The number of alkyl halides is 1. The molecule has 1 aromatic rings. The van der Waals surface area contributed by atoms with Crippen LogP contribution in [0.2, 0.25) is 0 Å². The summed E-state index contributed by atoms with van der Waals surface area (Å²) >= 11 is 3.91. The van der Waals surface area contributed by atoms with Crippen LogP contribution in [0.4, 0.5) is 5.69 Å². The Hall–Kier alpha value is -1.37. The Bertz CT molecular complexity index is 758. The van der Waals surface area contributed by atoms with Gasteiger partial charge in [0.25, 0.3) is 5.91 Å². The maximum atomic E-state index is 12.9. The van der Waals surface area contributed by atoms with E-state index in [1.54, 1.807) is 4.68 Å². The van der Waals surface area contributed by atoms with E-state index < -0.39 is 5.41 Å². The second-order valence-electron chi connectivity index (χ2n) is 8.69. The van der Waals surface area contributed by atoms with Gasteiger partial charge in [0.2, 0.25) is 0 Å². The average molecular weight is 424 g/mol. The lowest BCUT2D eigenvalue weighted by Gasteiger charge is -2.58. The molecule has 4 bridgehead atoms. The molecule has 2 unspecified atom stereocenters. The average Bonchev–Trinajstić information content (AvgIpc) is 2.76. The van der Waals surface area contributed by atoms with Crippen LogP contribution in [0.5, 0.6) is 0 Å². The van der Waals surface area contributed by atoms with Crippen molar-refractivity contribution in [2.75, 3.05) is 11.9 Å². The van der Waals surface area contributed by atoms with Crippen LogP contribution in [-0.2, 0) is 21.4 Å². The molecule has 4 aliphatic rings. The van der Waals surface area contributed by atoms with Gasteiger partial charge in [0.1, 0.15) is 0 Å². The van der Waals surface area contributed by atoms with Crippen molar-refractivity contribution in [3.63, 3.8) is 0 Å². The fraction of sp³-hybridized carbons (Fsp3) is 0.737. The van der Waals surface area contributed by atoms with Crippen LogP contribution in [0, 0.1) is 31.1 Å². The number of hydrogen-bond donors (Lipinski definition) is 1. The molecule has 0 saturated heterocycles. The monoisotopic (exact) mass is 423 g/mol. The number of esters is 1. The molecule has 0 spiro atoms. The summed E-state index contributed by atoms with van der Waals surface area (Å²) in [6.45, 7) is 3.50. The number of aryl methyl sites for hydroxylation is 2. The summed E-state index contributed by atoms with van der Waals surface area (Å²) in [6.07, 6.45) is 6.24. The van der Waals surface area contributed by atoms with Gasteiger partial charge in [-0.3, -0.25) is 14.3 Å². The van der Waals surface area contributed by atoms with Crippen molar-refractivity contribution in [1.82, 2.24) is 9.78 Å². The number of halogens is 1. The fourth-order valence-electron chi connectivity index (χ4n) is 5.80. The van der Waals surface area contributed by atoms with E-state index in [-0.39, 0.29) is 22.8 Å². The predicted molar refractivity (Wildman–Crippen MR) is 101 cm³/mol. The van der Waals surface area contributed by atoms with Gasteiger partial charge < -0.3 is 10.1 Å². The van der Waals surface area contributed by atoms with E-state index >= 15 is 0 Å². The normalized spacial score (nSPS) is 34.8. The Morgan fingerprint density at radius 3 is 2.46 bits per heavy atom. The topological polar surface area (TPSA) is 73.2 Å². The summed E-state index contributed by atoms with van der Waals surface area (Å²) in [5, 5.41) is 7.11. The fourth-order valence-corrected chi connectivity index (χ4v) is 7.26. The first kappa shape index (κ1) is 18.0.